The van der Waals surface area contributed by atoms with E-state index in [2.05, 4.69) is 15.6 Å². The minimum absolute atomic E-state index is 0.127. The van der Waals surface area contributed by atoms with E-state index in [0.717, 1.165) is 37.0 Å². The number of carboxylic acid groups (broad SMARTS) is 1. The molecule has 0 saturated heterocycles. The van der Waals surface area contributed by atoms with Gasteiger partial charge < -0.3 is 15.7 Å². The molecule has 116 valence electrons. The first kappa shape index (κ1) is 15.8. The topological polar surface area (TPSA) is 91.3 Å². The van der Waals surface area contributed by atoms with Gasteiger partial charge in [0.2, 0.25) is 0 Å². The van der Waals surface area contributed by atoms with Gasteiger partial charge in [0.1, 0.15) is 0 Å². The Labute approximate surface area is 128 Å². The second-order valence-corrected chi connectivity index (χ2v) is 6.61. The second-order valence-electron chi connectivity index (χ2n) is 5.64. The predicted molar refractivity (Wildman–Crippen MR) is 80.1 cm³/mol. The van der Waals surface area contributed by atoms with Crippen LogP contribution in [0.4, 0.5) is 4.79 Å². The van der Waals surface area contributed by atoms with E-state index in [1.165, 1.54) is 11.3 Å². The Balaban J connectivity index is 1.80. The van der Waals surface area contributed by atoms with Gasteiger partial charge in [-0.2, -0.15) is 0 Å². The van der Waals surface area contributed by atoms with Gasteiger partial charge in [0.05, 0.1) is 18.5 Å². The highest BCUT2D eigenvalue weighted by Gasteiger charge is 2.34. The maximum atomic E-state index is 11.8. The number of amides is 2. The van der Waals surface area contributed by atoms with Crippen LogP contribution in [-0.2, 0) is 11.3 Å². The number of aliphatic carboxylic acids is 1. The van der Waals surface area contributed by atoms with Crippen molar-refractivity contribution < 1.29 is 14.7 Å². The molecule has 0 bridgehead atoms. The van der Waals surface area contributed by atoms with Gasteiger partial charge in [-0.15, -0.1) is 11.3 Å². The van der Waals surface area contributed by atoms with Crippen LogP contribution in [0.5, 0.6) is 0 Å². The number of rotatable bonds is 6. The molecular weight excluding hydrogens is 290 g/mol. The van der Waals surface area contributed by atoms with Crippen molar-refractivity contribution in [3.63, 3.8) is 0 Å². The van der Waals surface area contributed by atoms with Gasteiger partial charge in [-0.05, 0) is 18.3 Å². The molecule has 3 N–H and O–H groups in total. The summed E-state index contributed by atoms with van der Waals surface area (Å²) in [4.78, 5) is 27.8. The van der Waals surface area contributed by atoms with Crippen LogP contribution in [0.25, 0.3) is 0 Å². The fraction of sp³-hybridized carbons (Fsp3) is 0.643. The highest BCUT2D eigenvalue weighted by molar-refractivity contribution is 7.09. The fourth-order valence-electron chi connectivity index (χ4n) is 2.87. The third kappa shape index (κ3) is 5.00. The lowest BCUT2D eigenvalue weighted by Gasteiger charge is -2.36. The molecular formula is C14H21N3O3S. The summed E-state index contributed by atoms with van der Waals surface area (Å²) in [6, 6.07) is -0.251. The van der Waals surface area contributed by atoms with Crippen LogP contribution < -0.4 is 10.6 Å². The van der Waals surface area contributed by atoms with Crippen molar-refractivity contribution in [2.24, 2.45) is 5.41 Å². The molecule has 2 amide bonds. The Bertz CT molecular complexity index is 470. The molecule has 0 radical (unpaired) electrons. The van der Waals surface area contributed by atoms with Gasteiger partial charge >= 0.3 is 12.0 Å². The lowest BCUT2D eigenvalue weighted by atomic mass is 9.72. The molecule has 21 heavy (non-hydrogen) atoms. The first-order valence-electron chi connectivity index (χ1n) is 7.21. The van der Waals surface area contributed by atoms with Crippen LogP contribution in [-0.4, -0.2) is 28.6 Å². The summed E-state index contributed by atoms with van der Waals surface area (Å²) in [6.07, 6.45) is 6.82. The van der Waals surface area contributed by atoms with E-state index in [4.69, 9.17) is 5.11 Å². The molecule has 0 spiro atoms. The number of carbonyl (C=O) groups is 2. The third-order valence-corrected chi connectivity index (χ3v) is 4.75. The number of hydrogen-bond acceptors (Lipinski definition) is 4. The Hall–Kier alpha value is -1.63. The number of carboxylic acids is 1. The molecule has 1 aromatic rings. The van der Waals surface area contributed by atoms with Crippen molar-refractivity contribution in [3.05, 3.63) is 16.6 Å². The SMILES string of the molecule is O=C(O)CC1(CNC(=O)NCc2cncs2)CCCCC1. The van der Waals surface area contributed by atoms with E-state index in [0.29, 0.717) is 13.1 Å². The van der Waals surface area contributed by atoms with Gasteiger partial charge in [0.15, 0.2) is 0 Å². The molecule has 1 aliphatic rings. The Kier molecular flexibility index (Phi) is 5.55. The molecule has 2 rings (SSSR count). The number of urea groups is 1. The van der Waals surface area contributed by atoms with E-state index in [9.17, 15) is 9.59 Å². The van der Waals surface area contributed by atoms with Gasteiger partial charge in [0, 0.05) is 17.6 Å². The van der Waals surface area contributed by atoms with Crippen LogP contribution in [0.2, 0.25) is 0 Å². The largest absolute Gasteiger partial charge is 0.481 e. The number of nitrogens with zero attached hydrogens (tertiary/aromatic N) is 1. The molecule has 1 saturated carbocycles. The van der Waals surface area contributed by atoms with E-state index < -0.39 is 5.97 Å². The summed E-state index contributed by atoms with van der Waals surface area (Å²) in [5.41, 5.74) is 1.44. The van der Waals surface area contributed by atoms with Crippen molar-refractivity contribution in [3.8, 4) is 0 Å². The average Bonchev–Trinajstić information content (AvgIpc) is 2.96. The molecule has 7 heteroatoms. The maximum Gasteiger partial charge on any atom is 0.315 e. The van der Waals surface area contributed by atoms with E-state index >= 15 is 0 Å². The summed E-state index contributed by atoms with van der Waals surface area (Å²) >= 11 is 1.49. The number of carbonyl (C=O) groups excluding carboxylic acids is 1. The minimum Gasteiger partial charge on any atom is -0.481 e. The predicted octanol–water partition coefficient (Wildman–Crippen LogP) is 2.37. The zero-order chi connectivity index (χ0) is 15.1. The standard InChI is InChI=1S/C14H21N3O3S/c18-12(19)6-14(4-2-1-3-5-14)9-17-13(20)16-8-11-7-15-10-21-11/h7,10H,1-6,8-9H2,(H,18,19)(H2,16,17,20). The maximum absolute atomic E-state index is 11.8. The summed E-state index contributed by atoms with van der Waals surface area (Å²) in [7, 11) is 0. The molecule has 1 aromatic heterocycles. The number of thiazole rings is 1. The smallest absolute Gasteiger partial charge is 0.315 e. The number of hydrogen-bond donors (Lipinski definition) is 3. The van der Waals surface area contributed by atoms with Gasteiger partial charge in [-0.25, -0.2) is 4.79 Å². The Morgan fingerprint density at radius 3 is 2.67 bits per heavy atom. The van der Waals surface area contributed by atoms with Crippen molar-refractivity contribution in [1.29, 1.82) is 0 Å². The normalized spacial score (nSPS) is 17.1. The Morgan fingerprint density at radius 1 is 1.29 bits per heavy atom. The lowest BCUT2D eigenvalue weighted by Crippen LogP contribution is -2.44. The Morgan fingerprint density at radius 2 is 2.05 bits per heavy atom. The van der Waals surface area contributed by atoms with Crippen LogP contribution in [0.1, 0.15) is 43.4 Å². The van der Waals surface area contributed by atoms with Gasteiger partial charge in [-0.1, -0.05) is 19.3 Å². The average molecular weight is 311 g/mol. The molecule has 6 nitrogen and oxygen atoms in total. The summed E-state index contributed by atoms with van der Waals surface area (Å²) in [5, 5.41) is 14.7. The van der Waals surface area contributed by atoms with Crippen molar-refractivity contribution in [2.45, 2.75) is 45.1 Å². The summed E-state index contributed by atoms with van der Waals surface area (Å²) in [5.74, 6) is -0.788. The van der Waals surface area contributed by atoms with E-state index in [-0.39, 0.29) is 17.9 Å². The highest BCUT2D eigenvalue weighted by atomic mass is 32.1. The molecule has 1 heterocycles. The number of aromatic nitrogens is 1. The molecule has 0 aromatic carbocycles. The summed E-state index contributed by atoms with van der Waals surface area (Å²) in [6.45, 7) is 0.871. The molecule has 0 aliphatic heterocycles. The molecule has 1 fully saturated rings. The molecule has 1 aliphatic carbocycles. The van der Waals surface area contributed by atoms with Crippen LogP contribution in [0.3, 0.4) is 0 Å². The molecule has 0 atom stereocenters. The highest BCUT2D eigenvalue weighted by Crippen LogP contribution is 2.38. The van der Waals surface area contributed by atoms with Crippen LogP contribution >= 0.6 is 11.3 Å². The van der Waals surface area contributed by atoms with Crippen molar-refractivity contribution in [1.82, 2.24) is 15.6 Å². The first-order valence-corrected chi connectivity index (χ1v) is 8.08. The van der Waals surface area contributed by atoms with Gasteiger partial charge in [-0.3, -0.25) is 9.78 Å². The van der Waals surface area contributed by atoms with E-state index in [1.807, 2.05) is 0 Å². The summed E-state index contributed by atoms with van der Waals surface area (Å²) < 4.78 is 0. The first-order chi connectivity index (χ1) is 10.1. The van der Waals surface area contributed by atoms with Crippen molar-refractivity contribution in [2.75, 3.05) is 6.54 Å². The van der Waals surface area contributed by atoms with E-state index in [1.54, 1.807) is 11.7 Å². The van der Waals surface area contributed by atoms with Crippen molar-refractivity contribution >= 4 is 23.3 Å². The lowest BCUT2D eigenvalue weighted by molar-refractivity contribution is -0.140. The molecule has 0 unspecified atom stereocenters. The number of nitrogens with one attached hydrogen (secondary N) is 2. The monoisotopic (exact) mass is 311 g/mol. The quantitative estimate of drug-likeness (QED) is 0.752. The van der Waals surface area contributed by atoms with Gasteiger partial charge in [0.25, 0.3) is 0 Å². The second kappa shape index (κ2) is 7.40. The van der Waals surface area contributed by atoms with Crippen LogP contribution in [0.15, 0.2) is 11.7 Å². The fourth-order valence-corrected chi connectivity index (χ4v) is 3.40. The third-order valence-electron chi connectivity index (χ3n) is 3.97. The zero-order valence-corrected chi connectivity index (χ0v) is 12.7. The van der Waals surface area contributed by atoms with Crippen LogP contribution in [0, 0.1) is 5.41 Å². The zero-order valence-electron chi connectivity index (χ0n) is 11.9. The minimum atomic E-state index is -0.788.